The van der Waals surface area contributed by atoms with Crippen molar-refractivity contribution in [2.75, 3.05) is 19.6 Å². The summed E-state index contributed by atoms with van der Waals surface area (Å²) in [7, 11) is 0. The highest BCUT2D eigenvalue weighted by Gasteiger charge is 2.53. The molecule has 2 aromatic rings. The summed E-state index contributed by atoms with van der Waals surface area (Å²) < 4.78 is 40.6. The minimum atomic E-state index is -4.90. The molecule has 1 saturated heterocycles. The Hall–Kier alpha value is -2.25. The summed E-state index contributed by atoms with van der Waals surface area (Å²) in [6.45, 7) is 1.45. The van der Waals surface area contributed by atoms with Gasteiger partial charge in [0.2, 0.25) is 0 Å². The maximum absolute atomic E-state index is 13.5. The van der Waals surface area contributed by atoms with E-state index in [1.54, 1.807) is 18.2 Å². The van der Waals surface area contributed by atoms with Gasteiger partial charge in [-0.1, -0.05) is 42.5 Å². The largest absolute Gasteiger partial charge is 0.508 e. The Labute approximate surface area is 192 Å². The van der Waals surface area contributed by atoms with E-state index >= 15 is 0 Å². The van der Waals surface area contributed by atoms with Gasteiger partial charge in [-0.05, 0) is 67.4 Å². The second-order valence-corrected chi connectivity index (χ2v) is 8.85. The van der Waals surface area contributed by atoms with Gasteiger partial charge in [-0.3, -0.25) is 4.79 Å². The van der Waals surface area contributed by atoms with Gasteiger partial charge in [-0.2, -0.15) is 13.2 Å². The molecule has 1 amide bonds. The van der Waals surface area contributed by atoms with E-state index in [4.69, 9.17) is 0 Å². The number of hydrogen-bond acceptors (Lipinski definition) is 3. The maximum Gasteiger partial charge on any atom is 0.471 e. The summed E-state index contributed by atoms with van der Waals surface area (Å²) in [5, 5.41) is 13.1. The van der Waals surface area contributed by atoms with Crippen molar-refractivity contribution in [3.8, 4) is 5.75 Å². The van der Waals surface area contributed by atoms with Crippen molar-refractivity contribution in [1.29, 1.82) is 0 Å². The van der Waals surface area contributed by atoms with E-state index < -0.39 is 23.5 Å². The number of hydrogen-bond donors (Lipinski definition) is 2. The average molecular weight is 469 g/mol. The van der Waals surface area contributed by atoms with E-state index in [9.17, 15) is 23.1 Å². The van der Waals surface area contributed by atoms with Crippen LogP contribution in [0.15, 0.2) is 54.6 Å². The van der Waals surface area contributed by atoms with E-state index in [1.807, 2.05) is 36.4 Å². The first-order valence-electron chi connectivity index (χ1n) is 10.7. The molecule has 0 radical (unpaired) electrons. The molecule has 8 heteroatoms. The highest BCUT2D eigenvalue weighted by Crippen LogP contribution is 2.48. The number of phenolic OH excluding ortho intramolecular Hbond substituents is 1. The fraction of sp³-hybridized carbons (Fsp3) is 0.458. The van der Waals surface area contributed by atoms with Gasteiger partial charge in [0.1, 0.15) is 5.75 Å². The van der Waals surface area contributed by atoms with Crippen LogP contribution in [0, 0.1) is 5.41 Å². The molecule has 2 atom stereocenters. The topological polar surface area (TPSA) is 52.6 Å². The minimum Gasteiger partial charge on any atom is -0.508 e. The zero-order valence-electron chi connectivity index (χ0n) is 17.6. The molecule has 2 aliphatic rings. The van der Waals surface area contributed by atoms with Crippen molar-refractivity contribution < 1.29 is 23.1 Å². The number of carbonyl (C=O) groups excluding carboxylic acids is 1. The highest BCUT2D eigenvalue weighted by atomic mass is 35.5. The van der Waals surface area contributed by atoms with Gasteiger partial charge in [0, 0.05) is 18.5 Å². The third kappa shape index (κ3) is 5.56. The molecule has 1 heterocycles. The van der Waals surface area contributed by atoms with Crippen LogP contribution < -0.4 is 5.32 Å². The molecule has 174 valence electrons. The molecule has 0 aromatic heterocycles. The lowest BCUT2D eigenvalue weighted by atomic mass is 9.73. The number of nitrogens with zero attached hydrogens (tertiary/aromatic N) is 1. The van der Waals surface area contributed by atoms with Crippen LogP contribution in [0.2, 0.25) is 0 Å². The molecule has 2 N–H and O–H groups in total. The molecule has 4 nitrogen and oxygen atoms in total. The molecule has 4 rings (SSSR count). The lowest BCUT2D eigenvalue weighted by Crippen LogP contribution is -2.51. The fourth-order valence-electron chi connectivity index (χ4n) is 4.90. The van der Waals surface area contributed by atoms with Gasteiger partial charge in [0.05, 0.1) is 0 Å². The van der Waals surface area contributed by atoms with Crippen LogP contribution >= 0.6 is 12.4 Å². The average Bonchev–Trinajstić information content (AvgIpc) is 3.53. The van der Waals surface area contributed by atoms with Crippen LogP contribution in [-0.4, -0.2) is 47.8 Å². The third-order valence-electron chi connectivity index (χ3n) is 6.55. The number of carbonyl (C=O) groups is 1. The standard InChI is InChI=1S/C24H27F3N2O2.ClH/c25-24(26,27)22(31)29(21-14-20(21)18-6-2-1-3-7-18)16-23(9-11-28-12-10-23)15-17-5-4-8-19(30)13-17;/h1-8,13,20-21,28,30H,9-12,14-16H2;1H/t20-,21+;/m0./s1. The predicted octanol–water partition coefficient (Wildman–Crippen LogP) is 4.67. The second-order valence-electron chi connectivity index (χ2n) is 8.85. The molecular weight excluding hydrogens is 441 g/mol. The summed E-state index contributed by atoms with van der Waals surface area (Å²) in [5.74, 6) is -1.67. The number of nitrogens with one attached hydrogen (secondary N) is 1. The fourth-order valence-corrected chi connectivity index (χ4v) is 4.90. The number of aromatic hydroxyl groups is 1. The zero-order valence-corrected chi connectivity index (χ0v) is 18.5. The van der Waals surface area contributed by atoms with Crippen LogP contribution in [0.1, 0.15) is 36.3 Å². The van der Waals surface area contributed by atoms with E-state index in [1.165, 1.54) is 0 Å². The first kappa shape index (κ1) is 24.4. The van der Waals surface area contributed by atoms with E-state index in [2.05, 4.69) is 5.32 Å². The van der Waals surface area contributed by atoms with Crippen LogP contribution in [-0.2, 0) is 11.2 Å². The number of amides is 1. The lowest BCUT2D eigenvalue weighted by molar-refractivity contribution is -0.188. The van der Waals surface area contributed by atoms with Crippen LogP contribution in [0.25, 0.3) is 0 Å². The van der Waals surface area contributed by atoms with Gasteiger partial charge >= 0.3 is 12.1 Å². The van der Waals surface area contributed by atoms with Gasteiger partial charge in [-0.25, -0.2) is 0 Å². The van der Waals surface area contributed by atoms with Crippen molar-refractivity contribution in [3.63, 3.8) is 0 Å². The summed E-state index contributed by atoms with van der Waals surface area (Å²) in [5.41, 5.74) is 1.38. The first-order valence-corrected chi connectivity index (χ1v) is 10.7. The smallest absolute Gasteiger partial charge is 0.471 e. The summed E-state index contributed by atoms with van der Waals surface area (Å²) in [4.78, 5) is 13.6. The molecule has 32 heavy (non-hydrogen) atoms. The summed E-state index contributed by atoms with van der Waals surface area (Å²) in [6, 6.07) is 15.9. The number of phenols is 1. The van der Waals surface area contributed by atoms with Crippen molar-refractivity contribution >= 4 is 18.3 Å². The monoisotopic (exact) mass is 468 g/mol. The van der Waals surface area contributed by atoms with Gasteiger partial charge in [0.15, 0.2) is 0 Å². The quantitative estimate of drug-likeness (QED) is 0.647. The Balaban J connectivity index is 0.00000289. The van der Waals surface area contributed by atoms with Crippen molar-refractivity contribution in [3.05, 3.63) is 65.7 Å². The Morgan fingerprint density at radius 3 is 2.41 bits per heavy atom. The first-order chi connectivity index (χ1) is 14.8. The highest BCUT2D eigenvalue weighted by molar-refractivity contribution is 5.85. The normalized spacial score (nSPS) is 22.0. The van der Waals surface area contributed by atoms with Crippen LogP contribution in [0.4, 0.5) is 13.2 Å². The Morgan fingerprint density at radius 1 is 1.09 bits per heavy atom. The van der Waals surface area contributed by atoms with Gasteiger partial charge in [0.25, 0.3) is 0 Å². The van der Waals surface area contributed by atoms with Gasteiger partial charge < -0.3 is 15.3 Å². The van der Waals surface area contributed by atoms with Crippen LogP contribution in [0.5, 0.6) is 5.75 Å². The summed E-state index contributed by atoms with van der Waals surface area (Å²) in [6.07, 6.45) is -2.48. The molecular formula is C24H28ClF3N2O2. The van der Waals surface area contributed by atoms with E-state index in [0.717, 1.165) is 16.0 Å². The molecule has 1 saturated carbocycles. The predicted molar refractivity (Wildman–Crippen MR) is 119 cm³/mol. The zero-order chi connectivity index (χ0) is 22.1. The maximum atomic E-state index is 13.5. The second kappa shape index (κ2) is 9.71. The number of benzene rings is 2. The Morgan fingerprint density at radius 2 is 1.78 bits per heavy atom. The molecule has 1 aliphatic heterocycles. The number of piperidine rings is 1. The van der Waals surface area contributed by atoms with Crippen molar-refractivity contribution in [2.45, 2.75) is 43.8 Å². The lowest BCUT2D eigenvalue weighted by Gasteiger charge is -2.42. The number of rotatable bonds is 6. The minimum absolute atomic E-state index is 0. The van der Waals surface area contributed by atoms with Gasteiger partial charge in [-0.15, -0.1) is 12.4 Å². The molecule has 0 spiro atoms. The van der Waals surface area contributed by atoms with Crippen molar-refractivity contribution in [1.82, 2.24) is 10.2 Å². The Bertz CT molecular complexity index is 917. The molecule has 1 aliphatic carbocycles. The van der Waals surface area contributed by atoms with E-state index in [-0.39, 0.29) is 30.6 Å². The SMILES string of the molecule is Cl.O=C(N(CC1(Cc2cccc(O)c2)CCNCC1)[C@@H]1C[C@H]1c1ccccc1)C(F)(F)F. The molecule has 2 fully saturated rings. The number of halogens is 4. The summed E-state index contributed by atoms with van der Waals surface area (Å²) >= 11 is 0. The molecule has 0 unspecified atom stereocenters. The molecule has 2 aromatic carbocycles. The molecule has 0 bridgehead atoms. The number of alkyl halides is 3. The van der Waals surface area contributed by atoms with Crippen LogP contribution in [0.3, 0.4) is 0 Å². The van der Waals surface area contributed by atoms with Crippen molar-refractivity contribution in [2.24, 2.45) is 5.41 Å². The third-order valence-corrected chi connectivity index (χ3v) is 6.55. The Kier molecular flexibility index (Phi) is 7.40. The van der Waals surface area contributed by atoms with E-state index in [0.29, 0.717) is 38.8 Å².